The monoisotopic (exact) mass is 479 g/mol. The van der Waals surface area contributed by atoms with Gasteiger partial charge >= 0.3 is 0 Å². The third-order valence-electron chi connectivity index (χ3n) is 8.42. The number of pyridine rings is 2. The van der Waals surface area contributed by atoms with Crippen molar-refractivity contribution in [3.8, 4) is 11.1 Å². The second-order valence-electron chi connectivity index (χ2n) is 11.1. The van der Waals surface area contributed by atoms with E-state index in [1.807, 2.05) is 18.3 Å². The Morgan fingerprint density at radius 3 is 2.61 bits per heavy atom. The molecule has 2 N–H and O–H groups in total. The van der Waals surface area contributed by atoms with Crippen molar-refractivity contribution in [2.75, 3.05) is 30.3 Å². The van der Waals surface area contributed by atoms with Gasteiger partial charge in [-0.2, -0.15) is 0 Å². The summed E-state index contributed by atoms with van der Waals surface area (Å²) in [5.41, 5.74) is 11.7. The van der Waals surface area contributed by atoms with Gasteiger partial charge in [-0.3, -0.25) is 9.78 Å². The predicted molar refractivity (Wildman–Crippen MR) is 145 cm³/mol. The maximum absolute atomic E-state index is 13.0. The van der Waals surface area contributed by atoms with E-state index in [9.17, 15) is 4.79 Å². The van der Waals surface area contributed by atoms with Crippen LogP contribution in [0.1, 0.15) is 55.8 Å². The summed E-state index contributed by atoms with van der Waals surface area (Å²) >= 11 is 0. The second-order valence-corrected chi connectivity index (χ2v) is 11.1. The van der Waals surface area contributed by atoms with Crippen molar-refractivity contribution >= 4 is 34.3 Å². The molecule has 36 heavy (non-hydrogen) atoms. The molecule has 184 valence electrons. The van der Waals surface area contributed by atoms with Crippen LogP contribution in [0.15, 0.2) is 43.1 Å². The average Bonchev–Trinajstić information content (AvgIpc) is 3.76. The Kier molecular flexibility index (Phi) is 5.05. The minimum absolute atomic E-state index is 0.278. The first-order chi connectivity index (χ1) is 17.6. The highest BCUT2D eigenvalue weighted by molar-refractivity contribution is 5.93. The van der Waals surface area contributed by atoms with Crippen LogP contribution in [0.3, 0.4) is 0 Å². The molecule has 0 spiro atoms. The minimum Gasteiger partial charge on any atom is -0.396 e. The summed E-state index contributed by atoms with van der Waals surface area (Å²) in [4.78, 5) is 27.2. The zero-order valence-corrected chi connectivity index (χ0v) is 20.7. The molecule has 4 aliphatic rings. The second kappa shape index (κ2) is 8.32. The standard InChI is InChI=1S/C30H33N5O/c1-2-26-23-15-22(10-3-18(23)11-12-32-26)24-16-25(31)29(33-28(24)20-6-7-20)34-13-14-35(30(36)21-8-9-21)27(17-34)19-4-5-19/h2-3,10-12,15-16,19-21,27H,1,4-9,13-14,17,31H2/t27-/m0/s1. The Hall–Kier alpha value is -3.41. The van der Waals surface area contributed by atoms with Crippen molar-refractivity contribution < 1.29 is 4.79 Å². The molecular weight excluding hydrogens is 446 g/mol. The van der Waals surface area contributed by atoms with Gasteiger partial charge in [-0.15, -0.1) is 0 Å². The Morgan fingerprint density at radius 1 is 1.06 bits per heavy atom. The van der Waals surface area contributed by atoms with E-state index in [0.717, 1.165) is 77.3 Å². The fourth-order valence-electron chi connectivity index (χ4n) is 5.93. The van der Waals surface area contributed by atoms with E-state index in [1.165, 1.54) is 25.7 Å². The fourth-order valence-corrected chi connectivity index (χ4v) is 5.93. The molecule has 6 heteroatoms. The molecule has 6 nitrogen and oxygen atoms in total. The van der Waals surface area contributed by atoms with Crippen LogP contribution in [0.2, 0.25) is 0 Å². The number of nitrogen functional groups attached to an aromatic ring is 1. The van der Waals surface area contributed by atoms with E-state index < -0.39 is 0 Å². The molecule has 0 unspecified atom stereocenters. The quantitative estimate of drug-likeness (QED) is 0.524. The summed E-state index contributed by atoms with van der Waals surface area (Å²) in [6.07, 6.45) is 10.6. The molecule has 3 saturated carbocycles. The van der Waals surface area contributed by atoms with Gasteiger partial charge in [0.15, 0.2) is 5.82 Å². The number of hydrogen-bond acceptors (Lipinski definition) is 5. The third kappa shape index (κ3) is 3.83. The van der Waals surface area contributed by atoms with E-state index >= 15 is 0 Å². The van der Waals surface area contributed by atoms with Gasteiger partial charge in [-0.05, 0) is 79.7 Å². The largest absolute Gasteiger partial charge is 0.396 e. The van der Waals surface area contributed by atoms with Crippen LogP contribution in [-0.4, -0.2) is 46.5 Å². The number of carbonyl (C=O) groups excluding carboxylic acids is 1. The predicted octanol–water partition coefficient (Wildman–Crippen LogP) is 5.24. The lowest BCUT2D eigenvalue weighted by Gasteiger charge is -2.43. The molecule has 1 aliphatic heterocycles. The number of fused-ring (bicyclic) bond motifs is 1. The van der Waals surface area contributed by atoms with E-state index in [-0.39, 0.29) is 5.92 Å². The summed E-state index contributed by atoms with van der Waals surface area (Å²) in [6.45, 7) is 6.36. The Morgan fingerprint density at radius 2 is 1.89 bits per heavy atom. The van der Waals surface area contributed by atoms with Gasteiger partial charge in [0.2, 0.25) is 5.91 Å². The van der Waals surface area contributed by atoms with E-state index in [4.69, 9.17) is 10.7 Å². The first kappa shape index (κ1) is 21.8. The van der Waals surface area contributed by atoms with E-state index in [2.05, 4.69) is 45.6 Å². The number of anilines is 2. The Balaban J connectivity index is 1.24. The summed E-state index contributed by atoms with van der Waals surface area (Å²) in [5.74, 6) is 2.68. The van der Waals surface area contributed by atoms with Crippen LogP contribution in [0.4, 0.5) is 11.5 Å². The van der Waals surface area contributed by atoms with Crippen molar-refractivity contribution in [1.29, 1.82) is 0 Å². The zero-order valence-electron chi connectivity index (χ0n) is 20.7. The third-order valence-corrected chi connectivity index (χ3v) is 8.42. The lowest BCUT2D eigenvalue weighted by Crippen LogP contribution is -2.57. The Labute approximate surface area is 212 Å². The van der Waals surface area contributed by atoms with Crippen LogP contribution in [0.25, 0.3) is 28.0 Å². The van der Waals surface area contributed by atoms with Gasteiger partial charge in [0, 0.05) is 48.6 Å². The van der Waals surface area contributed by atoms with Crippen molar-refractivity contribution in [3.63, 3.8) is 0 Å². The van der Waals surface area contributed by atoms with Gasteiger partial charge in [0.1, 0.15) is 0 Å². The van der Waals surface area contributed by atoms with Gasteiger partial charge in [-0.1, -0.05) is 18.7 Å². The van der Waals surface area contributed by atoms with E-state index in [0.29, 0.717) is 23.8 Å². The highest BCUT2D eigenvalue weighted by atomic mass is 16.2. The van der Waals surface area contributed by atoms with Crippen LogP contribution in [0.5, 0.6) is 0 Å². The highest BCUT2D eigenvalue weighted by Gasteiger charge is 2.45. The normalized spacial score (nSPS) is 22.2. The van der Waals surface area contributed by atoms with Crippen LogP contribution >= 0.6 is 0 Å². The molecule has 3 aliphatic carbocycles. The Bertz CT molecular complexity index is 1370. The summed E-state index contributed by atoms with van der Waals surface area (Å²) in [5, 5.41) is 2.25. The van der Waals surface area contributed by atoms with Gasteiger partial charge < -0.3 is 15.5 Å². The molecule has 3 aromatic rings. The lowest BCUT2D eigenvalue weighted by molar-refractivity contribution is -0.135. The molecule has 7 rings (SSSR count). The fraction of sp³-hybridized carbons (Fsp3) is 0.433. The number of carbonyl (C=O) groups is 1. The topological polar surface area (TPSA) is 75.3 Å². The highest BCUT2D eigenvalue weighted by Crippen LogP contribution is 2.46. The zero-order chi connectivity index (χ0) is 24.4. The first-order valence-corrected chi connectivity index (χ1v) is 13.5. The lowest BCUT2D eigenvalue weighted by atomic mass is 9.97. The van der Waals surface area contributed by atoms with Crippen molar-refractivity contribution in [3.05, 3.63) is 54.5 Å². The average molecular weight is 480 g/mol. The number of piperazine rings is 1. The molecular formula is C30H33N5O. The number of hydrogen-bond donors (Lipinski definition) is 1. The summed E-state index contributed by atoms with van der Waals surface area (Å²) in [7, 11) is 0. The molecule has 1 aromatic carbocycles. The number of rotatable bonds is 6. The van der Waals surface area contributed by atoms with Crippen LogP contribution in [-0.2, 0) is 4.79 Å². The minimum atomic E-state index is 0.278. The van der Waals surface area contributed by atoms with Crippen molar-refractivity contribution in [1.82, 2.24) is 14.9 Å². The summed E-state index contributed by atoms with van der Waals surface area (Å²) < 4.78 is 0. The number of benzene rings is 1. The van der Waals surface area contributed by atoms with Crippen molar-refractivity contribution in [2.45, 2.75) is 50.5 Å². The smallest absolute Gasteiger partial charge is 0.226 e. The van der Waals surface area contributed by atoms with Crippen molar-refractivity contribution in [2.24, 2.45) is 11.8 Å². The van der Waals surface area contributed by atoms with Crippen LogP contribution < -0.4 is 10.6 Å². The molecule has 1 amide bonds. The van der Waals surface area contributed by atoms with Crippen LogP contribution in [0, 0.1) is 11.8 Å². The molecule has 1 saturated heterocycles. The first-order valence-electron chi connectivity index (χ1n) is 13.5. The number of nitrogens with two attached hydrogens (primary N) is 1. The maximum Gasteiger partial charge on any atom is 0.226 e. The number of amides is 1. The molecule has 3 heterocycles. The molecule has 2 aromatic heterocycles. The number of aromatic nitrogens is 2. The van der Waals surface area contributed by atoms with E-state index in [1.54, 1.807) is 0 Å². The molecule has 0 radical (unpaired) electrons. The maximum atomic E-state index is 13.0. The number of nitrogens with zero attached hydrogens (tertiary/aromatic N) is 4. The molecule has 1 atom stereocenters. The van der Waals surface area contributed by atoms with Gasteiger partial charge in [-0.25, -0.2) is 4.98 Å². The summed E-state index contributed by atoms with van der Waals surface area (Å²) in [6, 6.07) is 11.0. The SMILES string of the molecule is C=Cc1nccc2ccc(-c3cc(N)c(N4CCN(C(=O)C5CC5)[C@H](C5CC5)C4)nc3C3CC3)cc12. The molecule has 4 fully saturated rings. The molecule has 0 bridgehead atoms. The van der Waals surface area contributed by atoms with Gasteiger partial charge in [0.05, 0.1) is 23.1 Å². The van der Waals surface area contributed by atoms with Gasteiger partial charge in [0.25, 0.3) is 0 Å².